The molecule has 1 N–H and O–H groups in total. The van der Waals surface area contributed by atoms with Crippen molar-refractivity contribution in [1.82, 2.24) is 15.3 Å². The highest BCUT2D eigenvalue weighted by Gasteiger charge is 2.29. The first kappa shape index (κ1) is 18.4. The van der Waals surface area contributed by atoms with E-state index in [1.165, 1.54) is 78.6 Å². The summed E-state index contributed by atoms with van der Waals surface area (Å²) >= 11 is 1.91. The molecule has 3 nitrogen and oxygen atoms in total. The SMILES string of the molecule is Cc1nc(CNC2CCCCC2)c2cc(C3CCC(C)(C)CC3)sc2n1. The molecule has 4 rings (SSSR count). The van der Waals surface area contributed by atoms with E-state index in [0.717, 1.165) is 18.3 Å². The topological polar surface area (TPSA) is 37.8 Å². The van der Waals surface area contributed by atoms with Crippen LogP contribution in [0.5, 0.6) is 0 Å². The Hall–Kier alpha value is -1.00. The number of nitrogens with zero attached hydrogens (tertiary/aromatic N) is 2. The van der Waals surface area contributed by atoms with Gasteiger partial charge in [-0.25, -0.2) is 9.97 Å². The van der Waals surface area contributed by atoms with Crippen molar-refractivity contribution in [2.45, 2.75) is 97.1 Å². The van der Waals surface area contributed by atoms with Gasteiger partial charge >= 0.3 is 0 Å². The standard InChI is InChI=1S/C22H33N3S/c1-15-24-19(14-23-17-7-5-4-6-8-17)18-13-20(26-21(18)25-15)16-9-11-22(2,3)12-10-16/h13,16-17,23H,4-12,14H2,1-3H3. The summed E-state index contributed by atoms with van der Waals surface area (Å²) in [6.45, 7) is 7.75. The van der Waals surface area contributed by atoms with Crippen LogP contribution in [0.25, 0.3) is 10.2 Å². The highest BCUT2D eigenvalue weighted by atomic mass is 32.1. The smallest absolute Gasteiger partial charge is 0.127 e. The second kappa shape index (κ2) is 7.55. The van der Waals surface area contributed by atoms with Gasteiger partial charge in [0.2, 0.25) is 0 Å². The molecule has 0 aliphatic heterocycles. The summed E-state index contributed by atoms with van der Waals surface area (Å²) in [6, 6.07) is 3.09. The van der Waals surface area contributed by atoms with Gasteiger partial charge < -0.3 is 5.32 Å². The summed E-state index contributed by atoms with van der Waals surface area (Å²) in [7, 11) is 0. The van der Waals surface area contributed by atoms with Crippen LogP contribution in [0.1, 0.15) is 93.9 Å². The van der Waals surface area contributed by atoms with E-state index in [0.29, 0.717) is 11.5 Å². The molecule has 0 saturated heterocycles. The van der Waals surface area contributed by atoms with Gasteiger partial charge in [-0.3, -0.25) is 0 Å². The zero-order valence-corrected chi connectivity index (χ0v) is 17.4. The number of aromatic nitrogens is 2. The molecule has 2 aromatic heterocycles. The van der Waals surface area contributed by atoms with Crippen LogP contribution in [0, 0.1) is 12.3 Å². The molecular formula is C22H33N3S. The predicted molar refractivity (Wildman–Crippen MR) is 111 cm³/mol. The minimum Gasteiger partial charge on any atom is -0.308 e. The van der Waals surface area contributed by atoms with Gasteiger partial charge in [0.15, 0.2) is 0 Å². The van der Waals surface area contributed by atoms with E-state index in [1.807, 2.05) is 18.3 Å². The number of aryl methyl sites for hydroxylation is 1. The van der Waals surface area contributed by atoms with Crippen LogP contribution >= 0.6 is 11.3 Å². The Kier molecular flexibility index (Phi) is 5.34. The fourth-order valence-electron chi connectivity index (χ4n) is 4.68. The molecule has 0 amide bonds. The molecule has 2 saturated carbocycles. The van der Waals surface area contributed by atoms with Crippen molar-refractivity contribution in [3.63, 3.8) is 0 Å². The largest absolute Gasteiger partial charge is 0.308 e. The number of nitrogens with one attached hydrogen (secondary N) is 1. The first-order chi connectivity index (χ1) is 12.5. The number of rotatable bonds is 4. The van der Waals surface area contributed by atoms with Crippen LogP contribution < -0.4 is 5.32 Å². The van der Waals surface area contributed by atoms with E-state index in [1.54, 1.807) is 0 Å². The molecule has 0 bridgehead atoms. The van der Waals surface area contributed by atoms with Crippen LogP contribution in [0.15, 0.2) is 6.07 Å². The predicted octanol–water partition coefficient (Wildman–Crippen LogP) is 6.11. The fourth-order valence-corrected chi connectivity index (χ4v) is 5.95. The molecule has 26 heavy (non-hydrogen) atoms. The van der Waals surface area contributed by atoms with Crippen molar-refractivity contribution in [3.05, 3.63) is 22.5 Å². The molecule has 0 atom stereocenters. The van der Waals surface area contributed by atoms with Crippen molar-refractivity contribution in [1.29, 1.82) is 0 Å². The lowest BCUT2D eigenvalue weighted by Gasteiger charge is -2.33. The molecule has 2 fully saturated rings. The quantitative estimate of drug-likeness (QED) is 0.705. The second-order valence-electron chi connectivity index (χ2n) is 9.24. The second-order valence-corrected chi connectivity index (χ2v) is 10.3. The monoisotopic (exact) mass is 371 g/mol. The summed E-state index contributed by atoms with van der Waals surface area (Å²) in [5.74, 6) is 1.64. The molecule has 0 radical (unpaired) electrons. The lowest BCUT2D eigenvalue weighted by atomic mass is 9.73. The third-order valence-electron chi connectivity index (χ3n) is 6.51. The van der Waals surface area contributed by atoms with Crippen molar-refractivity contribution >= 4 is 21.6 Å². The number of fused-ring (bicyclic) bond motifs is 1. The molecule has 0 spiro atoms. The van der Waals surface area contributed by atoms with Crippen LogP contribution in [0.3, 0.4) is 0 Å². The van der Waals surface area contributed by atoms with Gasteiger partial charge in [-0.1, -0.05) is 33.1 Å². The maximum atomic E-state index is 4.80. The Morgan fingerprint density at radius 1 is 1.08 bits per heavy atom. The van der Waals surface area contributed by atoms with E-state index < -0.39 is 0 Å². The van der Waals surface area contributed by atoms with Gasteiger partial charge in [-0.2, -0.15) is 0 Å². The van der Waals surface area contributed by atoms with Crippen molar-refractivity contribution in [3.8, 4) is 0 Å². The molecule has 2 aliphatic carbocycles. The van der Waals surface area contributed by atoms with Gasteiger partial charge in [-0.05, 0) is 62.8 Å². The summed E-state index contributed by atoms with van der Waals surface area (Å²) in [5.41, 5.74) is 1.73. The molecule has 2 aliphatic rings. The van der Waals surface area contributed by atoms with Crippen LogP contribution in [0.2, 0.25) is 0 Å². The number of thiophene rings is 1. The van der Waals surface area contributed by atoms with E-state index in [-0.39, 0.29) is 0 Å². The maximum absolute atomic E-state index is 4.80. The van der Waals surface area contributed by atoms with Crippen LogP contribution in [-0.2, 0) is 6.54 Å². The van der Waals surface area contributed by atoms with Gasteiger partial charge in [0, 0.05) is 22.8 Å². The van der Waals surface area contributed by atoms with Gasteiger partial charge in [0.1, 0.15) is 10.7 Å². The molecule has 4 heteroatoms. The average Bonchev–Trinajstić information content (AvgIpc) is 3.04. The zero-order valence-electron chi connectivity index (χ0n) is 16.6. The van der Waals surface area contributed by atoms with E-state index in [2.05, 4.69) is 25.2 Å². The summed E-state index contributed by atoms with van der Waals surface area (Å²) in [4.78, 5) is 12.3. The Morgan fingerprint density at radius 3 is 2.54 bits per heavy atom. The van der Waals surface area contributed by atoms with Gasteiger partial charge in [0.05, 0.1) is 5.69 Å². The highest BCUT2D eigenvalue weighted by molar-refractivity contribution is 7.18. The minimum absolute atomic E-state index is 0.526. The highest BCUT2D eigenvalue weighted by Crippen LogP contribution is 2.45. The van der Waals surface area contributed by atoms with Crippen LogP contribution in [0.4, 0.5) is 0 Å². The number of hydrogen-bond donors (Lipinski definition) is 1. The Morgan fingerprint density at radius 2 is 1.81 bits per heavy atom. The minimum atomic E-state index is 0.526. The molecule has 142 valence electrons. The van der Waals surface area contributed by atoms with E-state index in [4.69, 9.17) is 9.97 Å². The third kappa shape index (κ3) is 4.12. The lowest BCUT2D eigenvalue weighted by Crippen LogP contribution is -2.30. The Balaban J connectivity index is 1.53. The first-order valence-electron chi connectivity index (χ1n) is 10.5. The summed E-state index contributed by atoms with van der Waals surface area (Å²) < 4.78 is 0. The maximum Gasteiger partial charge on any atom is 0.127 e. The molecular weight excluding hydrogens is 338 g/mol. The van der Waals surface area contributed by atoms with Crippen molar-refractivity contribution < 1.29 is 0 Å². The summed E-state index contributed by atoms with van der Waals surface area (Å²) in [6.07, 6.45) is 12.1. The third-order valence-corrected chi connectivity index (χ3v) is 7.70. The zero-order chi connectivity index (χ0) is 18.1. The molecule has 2 heterocycles. The van der Waals surface area contributed by atoms with E-state index in [9.17, 15) is 0 Å². The lowest BCUT2D eigenvalue weighted by molar-refractivity contribution is 0.226. The van der Waals surface area contributed by atoms with Crippen molar-refractivity contribution in [2.24, 2.45) is 5.41 Å². The summed E-state index contributed by atoms with van der Waals surface area (Å²) in [5, 5.41) is 5.07. The molecule has 0 aromatic carbocycles. The van der Waals surface area contributed by atoms with E-state index >= 15 is 0 Å². The van der Waals surface area contributed by atoms with Crippen LogP contribution in [-0.4, -0.2) is 16.0 Å². The van der Waals surface area contributed by atoms with Crippen molar-refractivity contribution in [2.75, 3.05) is 0 Å². The Labute approximate surface area is 162 Å². The van der Waals surface area contributed by atoms with Gasteiger partial charge in [0.25, 0.3) is 0 Å². The first-order valence-corrected chi connectivity index (χ1v) is 11.3. The normalized spacial score (nSPS) is 22.1. The fraction of sp³-hybridized carbons (Fsp3) is 0.727. The number of hydrogen-bond acceptors (Lipinski definition) is 4. The molecule has 2 aromatic rings. The molecule has 0 unspecified atom stereocenters. The average molecular weight is 372 g/mol. The Bertz CT molecular complexity index is 748. The van der Waals surface area contributed by atoms with Gasteiger partial charge in [-0.15, -0.1) is 11.3 Å².